The molecule has 1 amide bonds. The molecule has 1 aliphatic carbocycles. The summed E-state index contributed by atoms with van der Waals surface area (Å²) in [7, 11) is 0. The lowest BCUT2D eigenvalue weighted by atomic mass is 9.89. The predicted molar refractivity (Wildman–Crippen MR) is 136 cm³/mol. The first-order chi connectivity index (χ1) is 16.0. The number of hydrogen-bond acceptors (Lipinski definition) is 4. The second-order valence-corrected chi connectivity index (χ2v) is 9.48. The summed E-state index contributed by atoms with van der Waals surface area (Å²) < 4.78 is 5.31. The third-order valence-electron chi connectivity index (χ3n) is 5.54. The molecule has 0 bridgehead atoms. The van der Waals surface area contributed by atoms with Gasteiger partial charge in [-0.15, -0.1) is 11.3 Å². The maximum Gasteiger partial charge on any atom is 0.341 e. The number of carbonyl (C=O) groups is 2. The summed E-state index contributed by atoms with van der Waals surface area (Å²) in [6, 6.07) is 11.4. The van der Waals surface area contributed by atoms with Crippen LogP contribution in [0.4, 0.5) is 5.00 Å². The third kappa shape index (κ3) is 5.49. The minimum atomic E-state index is -0.452. The molecule has 4 rings (SSSR count). The van der Waals surface area contributed by atoms with Crippen LogP contribution in [0.1, 0.15) is 46.8 Å². The van der Waals surface area contributed by atoms with Crippen molar-refractivity contribution < 1.29 is 14.3 Å². The summed E-state index contributed by atoms with van der Waals surface area (Å²) in [6.45, 7) is 2.01. The normalized spacial score (nSPS) is 13.1. The van der Waals surface area contributed by atoms with Crippen LogP contribution < -0.4 is 5.32 Å². The summed E-state index contributed by atoms with van der Waals surface area (Å²) >= 11 is 13.4. The van der Waals surface area contributed by atoms with Crippen LogP contribution in [0.3, 0.4) is 0 Å². The number of halogens is 2. The molecule has 1 N–H and O–H groups in total. The van der Waals surface area contributed by atoms with Gasteiger partial charge in [0.1, 0.15) is 10.6 Å². The van der Waals surface area contributed by atoms with Crippen LogP contribution in [-0.4, -0.2) is 18.5 Å². The number of carbonyl (C=O) groups excluding carboxylic acids is 2. The van der Waals surface area contributed by atoms with Crippen molar-refractivity contribution in [1.29, 1.82) is 0 Å². The van der Waals surface area contributed by atoms with Gasteiger partial charge in [0.2, 0.25) is 5.91 Å². The van der Waals surface area contributed by atoms with Crippen molar-refractivity contribution in [2.24, 2.45) is 0 Å². The lowest BCUT2D eigenvalue weighted by molar-refractivity contribution is -0.111. The fraction of sp³-hybridized carbons (Fsp3) is 0.231. The minimum Gasteiger partial charge on any atom is -0.462 e. The van der Waals surface area contributed by atoms with Crippen molar-refractivity contribution in [2.75, 3.05) is 11.9 Å². The second-order valence-electron chi connectivity index (χ2n) is 7.75. The number of hydrogen-bond donors (Lipinski definition) is 1. The molecule has 0 aliphatic heterocycles. The molecular formula is C26H23Cl2NO3S. The van der Waals surface area contributed by atoms with Crippen LogP contribution in [0.2, 0.25) is 10.0 Å². The highest BCUT2D eigenvalue weighted by atomic mass is 35.5. The minimum absolute atomic E-state index is 0.251. The highest BCUT2D eigenvalue weighted by Crippen LogP contribution is 2.38. The van der Waals surface area contributed by atoms with Gasteiger partial charge in [0.15, 0.2) is 0 Å². The topological polar surface area (TPSA) is 55.4 Å². The van der Waals surface area contributed by atoms with Crippen LogP contribution in [0.15, 0.2) is 47.9 Å². The van der Waals surface area contributed by atoms with Crippen LogP contribution in [-0.2, 0) is 22.4 Å². The number of esters is 1. The zero-order valence-electron chi connectivity index (χ0n) is 18.1. The van der Waals surface area contributed by atoms with Crippen LogP contribution in [0, 0.1) is 0 Å². The summed E-state index contributed by atoms with van der Waals surface area (Å²) in [5, 5.41) is 6.15. The van der Waals surface area contributed by atoms with E-state index in [1.165, 1.54) is 41.4 Å². The average Bonchev–Trinajstić information content (AvgIpc) is 3.22. The smallest absolute Gasteiger partial charge is 0.341 e. The maximum absolute atomic E-state index is 12.8. The Morgan fingerprint density at radius 2 is 1.88 bits per heavy atom. The Kier molecular flexibility index (Phi) is 7.53. The Hall–Kier alpha value is -2.60. The van der Waals surface area contributed by atoms with Gasteiger partial charge < -0.3 is 10.1 Å². The Bertz CT molecular complexity index is 1230. The highest BCUT2D eigenvalue weighted by Gasteiger charge is 2.23. The van der Waals surface area contributed by atoms with E-state index in [1.807, 2.05) is 11.4 Å². The highest BCUT2D eigenvalue weighted by molar-refractivity contribution is 7.15. The molecule has 0 atom stereocenters. The molecule has 7 heteroatoms. The summed E-state index contributed by atoms with van der Waals surface area (Å²) in [5.74, 6) is -0.822. The molecule has 0 spiro atoms. The van der Waals surface area contributed by atoms with Gasteiger partial charge in [0, 0.05) is 27.1 Å². The van der Waals surface area contributed by atoms with Crippen LogP contribution in [0.25, 0.3) is 17.2 Å². The van der Waals surface area contributed by atoms with Gasteiger partial charge in [-0.2, -0.15) is 0 Å². The molecule has 0 unspecified atom stereocenters. The van der Waals surface area contributed by atoms with E-state index >= 15 is 0 Å². The van der Waals surface area contributed by atoms with E-state index in [0.717, 1.165) is 24.0 Å². The number of rotatable bonds is 6. The quantitative estimate of drug-likeness (QED) is 0.283. The Balaban J connectivity index is 1.62. The van der Waals surface area contributed by atoms with E-state index in [1.54, 1.807) is 31.2 Å². The number of anilines is 1. The standard InChI is InChI=1S/C26H23Cl2NO3S/c1-2-32-26(31)24-21(19-8-7-16-5-3-4-6-18(16)13-19)15-33-25(24)29-23(30)12-10-17-9-11-20(27)14-22(17)28/h7-15H,2-6H2,1H3,(H,29,30)/b12-10+. The molecule has 1 aliphatic rings. The number of fused-ring (bicyclic) bond motifs is 1. The van der Waals surface area contributed by atoms with Gasteiger partial charge in [-0.25, -0.2) is 4.79 Å². The second kappa shape index (κ2) is 10.6. The number of ether oxygens (including phenoxy) is 1. The van der Waals surface area contributed by atoms with E-state index < -0.39 is 5.97 Å². The predicted octanol–water partition coefficient (Wildman–Crippen LogP) is 7.43. The number of nitrogens with one attached hydrogen (secondary N) is 1. The summed E-state index contributed by atoms with van der Waals surface area (Å²) in [4.78, 5) is 25.5. The van der Waals surface area contributed by atoms with Crippen molar-refractivity contribution in [3.63, 3.8) is 0 Å². The molecule has 33 heavy (non-hydrogen) atoms. The average molecular weight is 500 g/mol. The largest absolute Gasteiger partial charge is 0.462 e. The SMILES string of the molecule is CCOC(=O)c1c(-c2ccc3c(c2)CCCC3)csc1NC(=O)/C=C/c1ccc(Cl)cc1Cl. The molecule has 3 aromatic rings. The fourth-order valence-corrected chi connectivity index (χ4v) is 5.36. The van der Waals surface area contributed by atoms with Crippen molar-refractivity contribution in [3.05, 3.63) is 80.2 Å². The number of amides is 1. The zero-order valence-corrected chi connectivity index (χ0v) is 20.4. The monoisotopic (exact) mass is 499 g/mol. The Labute approximate surface area is 207 Å². The zero-order chi connectivity index (χ0) is 23.4. The van der Waals surface area contributed by atoms with Gasteiger partial charge >= 0.3 is 5.97 Å². The summed E-state index contributed by atoms with van der Waals surface area (Å²) in [6.07, 6.45) is 7.51. The molecule has 4 nitrogen and oxygen atoms in total. The van der Waals surface area contributed by atoms with E-state index in [4.69, 9.17) is 27.9 Å². The van der Waals surface area contributed by atoms with Gasteiger partial charge in [0.05, 0.1) is 6.61 Å². The van der Waals surface area contributed by atoms with Crippen molar-refractivity contribution in [3.8, 4) is 11.1 Å². The molecule has 2 aromatic carbocycles. The van der Waals surface area contributed by atoms with Gasteiger partial charge in [-0.1, -0.05) is 47.5 Å². The van der Waals surface area contributed by atoms with Crippen molar-refractivity contribution >= 4 is 57.5 Å². The van der Waals surface area contributed by atoms with E-state index in [9.17, 15) is 9.59 Å². The van der Waals surface area contributed by atoms with Gasteiger partial charge in [-0.05, 0) is 73.1 Å². The number of thiophene rings is 1. The first kappa shape index (κ1) is 23.6. The first-order valence-corrected chi connectivity index (χ1v) is 12.4. The molecule has 0 fully saturated rings. The number of benzene rings is 2. The van der Waals surface area contributed by atoms with Gasteiger partial charge in [0.25, 0.3) is 0 Å². The molecule has 1 aromatic heterocycles. The van der Waals surface area contributed by atoms with Gasteiger partial charge in [-0.3, -0.25) is 4.79 Å². The van der Waals surface area contributed by atoms with E-state index in [-0.39, 0.29) is 12.5 Å². The molecule has 1 heterocycles. The first-order valence-electron chi connectivity index (χ1n) is 10.8. The lowest BCUT2D eigenvalue weighted by Gasteiger charge is -2.17. The molecule has 170 valence electrons. The van der Waals surface area contributed by atoms with Crippen molar-refractivity contribution in [1.82, 2.24) is 0 Å². The molecule has 0 radical (unpaired) electrons. The van der Waals surface area contributed by atoms with Crippen LogP contribution >= 0.6 is 34.5 Å². The Morgan fingerprint density at radius 3 is 2.64 bits per heavy atom. The lowest BCUT2D eigenvalue weighted by Crippen LogP contribution is -2.12. The molecule has 0 saturated heterocycles. The fourth-order valence-electron chi connectivity index (χ4n) is 3.92. The third-order valence-corrected chi connectivity index (χ3v) is 7.00. The van der Waals surface area contributed by atoms with E-state index in [0.29, 0.717) is 26.2 Å². The maximum atomic E-state index is 12.8. The molecular weight excluding hydrogens is 477 g/mol. The number of aryl methyl sites for hydroxylation is 2. The van der Waals surface area contributed by atoms with E-state index in [2.05, 4.69) is 17.4 Å². The Morgan fingerprint density at radius 1 is 1.09 bits per heavy atom. The molecule has 0 saturated carbocycles. The summed E-state index contributed by atoms with van der Waals surface area (Å²) in [5.41, 5.74) is 5.47. The van der Waals surface area contributed by atoms with Crippen molar-refractivity contribution in [2.45, 2.75) is 32.6 Å². The van der Waals surface area contributed by atoms with Crippen LogP contribution in [0.5, 0.6) is 0 Å².